The fourth-order valence-electron chi connectivity index (χ4n) is 6.37. The monoisotopic (exact) mass is 885 g/mol. The molecule has 9 atom stereocenters. The summed E-state index contributed by atoms with van der Waals surface area (Å²) in [6, 6.07) is 3.64. The minimum Gasteiger partial charge on any atom is -0.408 e. The molecular weight excluding hydrogens is 837 g/mol. The van der Waals surface area contributed by atoms with Gasteiger partial charge in [0.25, 0.3) is 5.56 Å². The molecule has 24 heteroatoms. The van der Waals surface area contributed by atoms with E-state index in [0.29, 0.717) is 18.7 Å². The van der Waals surface area contributed by atoms with Gasteiger partial charge in [-0.2, -0.15) is 10.2 Å². The van der Waals surface area contributed by atoms with Crippen molar-refractivity contribution in [3.05, 3.63) is 35.3 Å². The SMILES string of the molecule is CC(C)C(=O)Nc1nc2c(ncn2[C@@H]2O[C@@H]3CO[P@@](=O)(S)O[C@H]4C[C@H](Nc5ccncn5)C[C@@H]4CO[P@](=S)(OCCC#N)O[C@@H]2[C@@H]3O[Si](C)(C)C(C)(C)C)c(=O)[nH]1. The Hall–Kier alpha value is -2.64. The fourth-order valence-corrected chi connectivity index (χ4v) is 11.4. The van der Waals surface area contributed by atoms with Crippen LogP contribution in [-0.2, 0) is 52.9 Å². The van der Waals surface area contributed by atoms with Crippen molar-refractivity contribution in [3.8, 4) is 6.07 Å². The second kappa shape index (κ2) is 17.5. The predicted molar refractivity (Wildman–Crippen MR) is 218 cm³/mol. The van der Waals surface area contributed by atoms with Gasteiger partial charge >= 0.3 is 13.5 Å². The minimum atomic E-state index is -4.06. The lowest BCUT2D eigenvalue weighted by molar-refractivity contribution is -0.118. The zero-order valence-corrected chi connectivity index (χ0v) is 37.2. The number of anilines is 2. The largest absolute Gasteiger partial charge is 0.408 e. The first-order chi connectivity index (χ1) is 26.8. The number of nitriles is 1. The van der Waals surface area contributed by atoms with E-state index in [9.17, 15) is 19.4 Å². The number of thiol groups is 1. The number of fused-ring (bicyclic) bond motifs is 4. The summed E-state index contributed by atoms with van der Waals surface area (Å²) in [5.41, 5.74) is -0.587. The first kappa shape index (κ1) is 43.9. The van der Waals surface area contributed by atoms with Crippen molar-refractivity contribution in [1.82, 2.24) is 29.5 Å². The third-order valence-electron chi connectivity index (χ3n) is 10.4. The summed E-state index contributed by atoms with van der Waals surface area (Å²) in [7, 11) is -2.66. The van der Waals surface area contributed by atoms with Crippen LogP contribution in [0.4, 0.5) is 11.8 Å². The maximum absolute atomic E-state index is 14.0. The third kappa shape index (κ3) is 10.4. The zero-order chi connectivity index (χ0) is 41.3. The number of rotatable bonds is 10. The molecule has 2 bridgehead atoms. The average Bonchev–Trinajstić information content (AvgIpc) is 3.81. The van der Waals surface area contributed by atoms with Crippen LogP contribution in [0, 0.1) is 23.2 Å². The van der Waals surface area contributed by atoms with Crippen LogP contribution in [0.25, 0.3) is 11.2 Å². The number of nitrogens with one attached hydrogen (secondary N) is 3. The fraction of sp³-hybridized carbons (Fsp3) is 0.667. The molecule has 5 heterocycles. The van der Waals surface area contributed by atoms with Crippen molar-refractivity contribution in [3.63, 3.8) is 0 Å². The topological polar surface area (TPSA) is 236 Å². The van der Waals surface area contributed by atoms with Crippen molar-refractivity contribution < 1.29 is 41.1 Å². The molecule has 0 aromatic carbocycles. The van der Waals surface area contributed by atoms with Crippen LogP contribution in [0.15, 0.2) is 29.7 Å². The molecule has 3 aromatic heterocycles. The highest BCUT2D eigenvalue weighted by atomic mass is 32.7. The molecule has 0 radical (unpaired) electrons. The van der Waals surface area contributed by atoms with Gasteiger partial charge < -0.3 is 23.5 Å². The molecule has 1 aliphatic carbocycles. The van der Waals surface area contributed by atoms with Gasteiger partial charge in [-0.1, -0.05) is 46.9 Å². The van der Waals surface area contributed by atoms with E-state index in [1.54, 1.807) is 26.1 Å². The molecule has 1 saturated carbocycles. The minimum absolute atomic E-state index is 0.00270. The zero-order valence-electron chi connectivity index (χ0n) is 32.7. The van der Waals surface area contributed by atoms with Crippen molar-refractivity contribution in [2.45, 2.75) is 109 Å². The number of carbonyl (C=O) groups is 1. The van der Waals surface area contributed by atoms with Gasteiger partial charge in [-0.15, -0.1) is 0 Å². The number of nitrogens with zero attached hydrogens (tertiary/aromatic N) is 6. The molecule has 3 fully saturated rings. The van der Waals surface area contributed by atoms with Gasteiger partial charge in [-0.05, 0) is 48.8 Å². The van der Waals surface area contributed by atoms with Gasteiger partial charge in [-0.3, -0.25) is 38.0 Å². The maximum Gasteiger partial charge on any atom is 0.386 e. The molecule has 2 aliphatic heterocycles. The van der Waals surface area contributed by atoms with Crippen LogP contribution < -0.4 is 16.2 Å². The molecule has 57 heavy (non-hydrogen) atoms. The summed E-state index contributed by atoms with van der Waals surface area (Å²) >= 11 is 10.5. The Morgan fingerprint density at radius 3 is 2.67 bits per heavy atom. The Morgan fingerprint density at radius 1 is 1.21 bits per heavy atom. The average molecular weight is 886 g/mol. The van der Waals surface area contributed by atoms with Crippen LogP contribution in [0.2, 0.25) is 18.1 Å². The summed E-state index contributed by atoms with van der Waals surface area (Å²) in [6.07, 6.45) is 0.472. The quantitative estimate of drug-likeness (QED) is 0.0828. The first-order valence-electron chi connectivity index (χ1n) is 18.5. The Bertz CT molecular complexity index is 2120. The van der Waals surface area contributed by atoms with Gasteiger partial charge in [0.1, 0.15) is 30.5 Å². The molecule has 19 nitrogen and oxygen atoms in total. The number of amides is 1. The van der Waals surface area contributed by atoms with Crippen LogP contribution in [0.1, 0.15) is 60.1 Å². The summed E-state index contributed by atoms with van der Waals surface area (Å²) in [5, 5.41) is 15.1. The van der Waals surface area contributed by atoms with Gasteiger partial charge in [-0.25, -0.2) is 19.5 Å². The van der Waals surface area contributed by atoms with Gasteiger partial charge in [0.05, 0.1) is 44.7 Å². The first-order valence-corrected chi connectivity index (χ1v) is 26.7. The number of hydrogen-bond acceptors (Lipinski definition) is 17. The number of ether oxygens (including phenoxy) is 1. The Kier molecular flexibility index (Phi) is 13.5. The van der Waals surface area contributed by atoms with Crippen LogP contribution in [0.5, 0.6) is 0 Å². The van der Waals surface area contributed by atoms with E-state index in [0.717, 1.165) is 0 Å². The van der Waals surface area contributed by atoms with E-state index in [1.807, 2.05) is 0 Å². The number of carbonyl (C=O) groups excluding carboxylic acids is 1. The van der Waals surface area contributed by atoms with Crippen LogP contribution in [-0.4, -0.2) is 94.0 Å². The van der Waals surface area contributed by atoms with E-state index >= 15 is 0 Å². The van der Waals surface area contributed by atoms with Crippen LogP contribution in [0.3, 0.4) is 0 Å². The van der Waals surface area contributed by atoms with Crippen molar-refractivity contribution >= 4 is 74.7 Å². The summed E-state index contributed by atoms with van der Waals surface area (Å²) < 4.78 is 60.8. The Morgan fingerprint density at radius 2 is 1.98 bits per heavy atom. The van der Waals surface area contributed by atoms with Gasteiger partial charge in [0.15, 0.2) is 25.7 Å². The lowest BCUT2D eigenvalue weighted by Gasteiger charge is -2.41. The Balaban J connectivity index is 1.42. The molecule has 0 unspecified atom stereocenters. The second-order valence-electron chi connectivity index (χ2n) is 15.9. The molecule has 3 aromatic rings. The van der Waals surface area contributed by atoms with E-state index in [-0.39, 0.29) is 66.3 Å². The van der Waals surface area contributed by atoms with E-state index < -0.39 is 64.0 Å². The lowest BCUT2D eigenvalue weighted by atomic mass is 10.1. The molecule has 3 aliphatic rings. The highest BCUT2D eigenvalue weighted by molar-refractivity contribution is 8.44. The van der Waals surface area contributed by atoms with Gasteiger partial charge in [0.2, 0.25) is 11.9 Å². The molecule has 6 rings (SSSR count). The van der Waals surface area contributed by atoms with Crippen molar-refractivity contribution in [1.29, 1.82) is 5.26 Å². The molecule has 1 amide bonds. The normalized spacial score (nSPS) is 31.2. The summed E-state index contributed by atoms with van der Waals surface area (Å²) in [4.78, 5) is 45.5. The highest BCUT2D eigenvalue weighted by Gasteiger charge is 2.55. The second-order valence-corrected chi connectivity index (χ2v) is 26.5. The number of imidazole rings is 1. The molecule has 312 valence electrons. The number of H-pyrrole nitrogens is 1. The number of hydrogen-bond donors (Lipinski definition) is 4. The number of aromatic amines is 1. The van der Waals surface area contributed by atoms with Crippen LogP contribution >= 0.6 is 25.8 Å². The van der Waals surface area contributed by atoms with Crippen molar-refractivity contribution in [2.75, 3.05) is 30.5 Å². The highest BCUT2D eigenvalue weighted by Crippen LogP contribution is 2.60. The lowest BCUT2D eigenvalue weighted by Crippen LogP contribution is -2.50. The number of aromatic nitrogens is 6. The smallest absolute Gasteiger partial charge is 0.386 e. The standard InChI is InChI=1S/C33H49N9O10P2S2Si/c1-19(2)29(43)40-32-39-28-25(30(44)41-32)37-18-42(28)31-27-26(52-57(6,7)33(3,4)5)23(49-31)16-47-53(45,55)50-22-14-21(38-24-9-11-35-17-36-24)13-20(22)15-48-54(56,51-27)46-12-8-10-34/h9,11,17-23,26-27,31H,8,12-16H2,1-7H3,(H,45,55)(H,35,36,38)(H2,39,40,41,43,44)/t20-,21-,22+,23-,26-,27-,31-,53-,54-/m1/s1. The van der Waals surface area contributed by atoms with Gasteiger partial charge in [0, 0.05) is 24.1 Å². The Labute approximate surface area is 341 Å². The molecule has 2 saturated heterocycles. The summed E-state index contributed by atoms with van der Waals surface area (Å²) in [5.74, 6) is -0.635. The van der Waals surface area contributed by atoms with E-state index in [1.165, 1.54) is 17.2 Å². The molecular formula is C33H49N9O10P2S2Si. The molecule has 0 spiro atoms. The van der Waals surface area contributed by atoms with E-state index in [4.69, 9.17) is 43.6 Å². The third-order valence-corrected chi connectivity index (χ3v) is 18.9. The maximum atomic E-state index is 14.0. The molecule has 3 N–H and O–H groups in total. The van der Waals surface area contributed by atoms with E-state index in [2.05, 4.69) is 87.7 Å². The van der Waals surface area contributed by atoms with Crippen molar-refractivity contribution in [2.24, 2.45) is 11.8 Å². The predicted octanol–water partition coefficient (Wildman–Crippen LogP) is 5.69. The summed E-state index contributed by atoms with van der Waals surface area (Å²) in [6.45, 7) is 5.44.